The number of carbonyl (C=O) groups excluding carboxylic acids is 2. The van der Waals surface area contributed by atoms with Gasteiger partial charge < -0.3 is 15.1 Å². The number of rotatable bonds is 2. The number of amides is 2. The Hall–Kier alpha value is -1.59. The zero-order chi connectivity index (χ0) is 14.1. The zero-order valence-corrected chi connectivity index (χ0v) is 11.8. The summed E-state index contributed by atoms with van der Waals surface area (Å²) in [7, 11) is 0. The summed E-state index contributed by atoms with van der Waals surface area (Å²) in [5, 5.41) is 3.93. The summed E-state index contributed by atoms with van der Waals surface area (Å²) < 4.78 is 0. The molecule has 2 aliphatic heterocycles. The second kappa shape index (κ2) is 5.42. The average molecular weight is 294 g/mol. The van der Waals surface area contributed by atoms with Crippen LogP contribution < -0.4 is 5.32 Å². The van der Waals surface area contributed by atoms with Crippen molar-refractivity contribution >= 4 is 23.4 Å². The molecular weight excluding hydrogens is 278 g/mol. The average Bonchev–Trinajstić information content (AvgIpc) is 2.47. The second-order valence-electron chi connectivity index (χ2n) is 5.17. The highest BCUT2D eigenvalue weighted by atomic mass is 35.5. The summed E-state index contributed by atoms with van der Waals surface area (Å²) in [6.07, 6.45) is 0. The number of nitrogens with zero attached hydrogens (tertiary/aromatic N) is 2. The number of hydrogen-bond donors (Lipinski definition) is 1. The number of benzene rings is 1. The van der Waals surface area contributed by atoms with E-state index in [9.17, 15) is 9.59 Å². The fourth-order valence-electron chi connectivity index (χ4n) is 2.73. The topological polar surface area (TPSA) is 52.7 Å². The van der Waals surface area contributed by atoms with Crippen molar-refractivity contribution in [3.63, 3.8) is 0 Å². The molecular formula is C14H16ClN3O2. The fourth-order valence-corrected chi connectivity index (χ4v) is 2.86. The van der Waals surface area contributed by atoms with E-state index in [1.54, 1.807) is 21.9 Å². The van der Waals surface area contributed by atoms with Crippen LogP contribution >= 0.6 is 11.6 Å². The van der Waals surface area contributed by atoms with Crippen molar-refractivity contribution in [2.45, 2.75) is 12.6 Å². The van der Waals surface area contributed by atoms with Crippen molar-refractivity contribution in [1.29, 1.82) is 0 Å². The zero-order valence-electron chi connectivity index (χ0n) is 11.0. The normalized spacial score (nSPS) is 22.9. The van der Waals surface area contributed by atoms with Crippen molar-refractivity contribution < 1.29 is 9.59 Å². The lowest BCUT2D eigenvalue weighted by atomic mass is 10.1. The number of hydrogen-bond acceptors (Lipinski definition) is 3. The van der Waals surface area contributed by atoms with Crippen molar-refractivity contribution in [2.24, 2.45) is 0 Å². The number of carbonyl (C=O) groups is 2. The maximum absolute atomic E-state index is 12.1. The Labute approximate surface area is 122 Å². The lowest BCUT2D eigenvalue weighted by molar-refractivity contribution is -0.160. The molecule has 1 aromatic rings. The predicted molar refractivity (Wildman–Crippen MR) is 75.2 cm³/mol. The van der Waals surface area contributed by atoms with E-state index in [0.29, 0.717) is 24.7 Å². The molecule has 2 fully saturated rings. The standard InChI is InChI=1S/C14H16ClN3O2/c15-11-3-1-10(2-4-11)8-17-9-12-7-16-5-6-18(12)14(20)13(17)19/h1-4,12,16H,5-9H2. The van der Waals surface area contributed by atoms with E-state index in [4.69, 9.17) is 11.6 Å². The highest BCUT2D eigenvalue weighted by Gasteiger charge is 2.39. The molecule has 2 heterocycles. The third-order valence-electron chi connectivity index (χ3n) is 3.80. The summed E-state index contributed by atoms with van der Waals surface area (Å²) in [6.45, 7) is 3.15. The molecule has 0 saturated carbocycles. The van der Waals surface area contributed by atoms with E-state index in [1.807, 2.05) is 12.1 Å². The van der Waals surface area contributed by atoms with E-state index in [2.05, 4.69) is 5.32 Å². The molecule has 1 aromatic carbocycles. The molecule has 1 N–H and O–H groups in total. The van der Waals surface area contributed by atoms with Crippen LogP contribution in [0.15, 0.2) is 24.3 Å². The van der Waals surface area contributed by atoms with Crippen LogP contribution in [0.5, 0.6) is 0 Å². The Morgan fingerprint density at radius 3 is 2.70 bits per heavy atom. The minimum absolute atomic E-state index is 0.0845. The first-order valence-corrected chi connectivity index (χ1v) is 7.08. The summed E-state index contributed by atoms with van der Waals surface area (Å²) in [5.74, 6) is -0.783. The molecule has 2 saturated heterocycles. The van der Waals surface area contributed by atoms with Gasteiger partial charge in [-0.15, -0.1) is 0 Å². The molecule has 20 heavy (non-hydrogen) atoms. The minimum atomic E-state index is -0.405. The lowest BCUT2D eigenvalue weighted by Gasteiger charge is -2.43. The van der Waals surface area contributed by atoms with E-state index < -0.39 is 5.91 Å². The summed E-state index contributed by atoms with van der Waals surface area (Å²) in [6, 6.07) is 7.43. The highest BCUT2D eigenvalue weighted by Crippen LogP contribution is 2.17. The smallest absolute Gasteiger partial charge is 0.312 e. The quantitative estimate of drug-likeness (QED) is 0.807. The van der Waals surface area contributed by atoms with Crippen LogP contribution in [0.2, 0.25) is 5.02 Å². The van der Waals surface area contributed by atoms with E-state index in [0.717, 1.165) is 18.7 Å². The third-order valence-corrected chi connectivity index (χ3v) is 4.05. The van der Waals surface area contributed by atoms with Gasteiger partial charge in [-0.1, -0.05) is 23.7 Å². The van der Waals surface area contributed by atoms with Crippen molar-refractivity contribution in [3.8, 4) is 0 Å². The van der Waals surface area contributed by atoms with Gasteiger partial charge in [-0.3, -0.25) is 9.59 Å². The molecule has 0 spiro atoms. The molecule has 0 aliphatic carbocycles. The first-order chi connectivity index (χ1) is 9.65. The second-order valence-corrected chi connectivity index (χ2v) is 5.61. The van der Waals surface area contributed by atoms with Crippen LogP contribution in [0.1, 0.15) is 5.56 Å². The molecule has 0 bridgehead atoms. The van der Waals surface area contributed by atoms with Crippen molar-refractivity contribution in [2.75, 3.05) is 26.2 Å². The number of halogens is 1. The molecule has 106 valence electrons. The number of piperazine rings is 2. The number of nitrogens with one attached hydrogen (secondary N) is 1. The van der Waals surface area contributed by atoms with Gasteiger partial charge in [0.1, 0.15) is 0 Å². The van der Waals surface area contributed by atoms with Gasteiger partial charge in [0.15, 0.2) is 0 Å². The maximum atomic E-state index is 12.1. The highest BCUT2D eigenvalue weighted by molar-refractivity contribution is 6.35. The van der Waals surface area contributed by atoms with E-state index in [-0.39, 0.29) is 11.9 Å². The third kappa shape index (κ3) is 2.51. The molecule has 2 amide bonds. The van der Waals surface area contributed by atoms with Gasteiger partial charge in [-0.05, 0) is 17.7 Å². The molecule has 2 aliphatic rings. The first kappa shape index (κ1) is 13.4. The van der Waals surface area contributed by atoms with Crippen LogP contribution in [-0.4, -0.2) is 53.8 Å². The fraction of sp³-hybridized carbons (Fsp3) is 0.429. The maximum Gasteiger partial charge on any atom is 0.312 e. The Morgan fingerprint density at radius 2 is 1.95 bits per heavy atom. The Morgan fingerprint density at radius 1 is 1.20 bits per heavy atom. The van der Waals surface area contributed by atoms with Crippen molar-refractivity contribution in [3.05, 3.63) is 34.9 Å². The van der Waals surface area contributed by atoms with Gasteiger partial charge >= 0.3 is 11.8 Å². The van der Waals surface area contributed by atoms with Crippen LogP contribution in [0.25, 0.3) is 0 Å². The van der Waals surface area contributed by atoms with E-state index >= 15 is 0 Å². The summed E-state index contributed by atoms with van der Waals surface area (Å²) in [5.41, 5.74) is 0.979. The van der Waals surface area contributed by atoms with Gasteiger partial charge in [0.2, 0.25) is 0 Å². The van der Waals surface area contributed by atoms with Crippen LogP contribution in [0.4, 0.5) is 0 Å². The van der Waals surface area contributed by atoms with Crippen LogP contribution in [0.3, 0.4) is 0 Å². The molecule has 5 nitrogen and oxygen atoms in total. The minimum Gasteiger partial charge on any atom is -0.328 e. The molecule has 0 aromatic heterocycles. The lowest BCUT2D eigenvalue weighted by Crippen LogP contribution is -2.65. The van der Waals surface area contributed by atoms with E-state index in [1.165, 1.54) is 0 Å². The molecule has 6 heteroatoms. The monoisotopic (exact) mass is 293 g/mol. The van der Waals surface area contributed by atoms with Gasteiger partial charge in [0.05, 0.1) is 6.04 Å². The predicted octanol–water partition coefficient (Wildman–Crippen LogP) is 0.483. The summed E-state index contributed by atoms with van der Waals surface area (Å²) >= 11 is 5.85. The van der Waals surface area contributed by atoms with Gasteiger partial charge in [-0.2, -0.15) is 0 Å². The Kier molecular flexibility index (Phi) is 3.63. The van der Waals surface area contributed by atoms with Gasteiger partial charge in [0, 0.05) is 37.7 Å². The summed E-state index contributed by atoms with van der Waals surface area (Å²) in [4.78, 5) is 27.6. The molecule has 0 radical (unpaired) electrons. The molecule has 3 rings (SSSR count). The Balaban J connectivity index is 1.74. The first-order valence-electron chi connectivity index (χ1n) is 6.70. The Bertz CT molecular complexity index is 532. The number of fused-ring (bicyclic) bond motifs is 1. The van der Waals surface area contributed by atoms with Crippen molar-refractivity contribution in [1.82, 2.24) is 15.1 Å². The van der Waals surface area contributed by atoms with Gasteiger partial charge in [-0.25, -0.2) is 0 Å². The van der Waals surface area contributed by atoms with Crippen LogP contribution in [0, 0.1) is 0 Å². The van der Waals surface area contributed by atoms with Crippen LogP contribution in [-0.2, 0) is 16.1 Å². The van der Waals surface area contributed by atoms with Gasteiger partial charge in [0.25, 0.3) is 0 Å². The SMILES string of the molecule is O=C1C(=O)N2CCNCC2CN1Cc1ccc(Cl)cc1. The molecule has 1 unspecified atom stereocenters. The molecule has 1 atom stereocenters. The largest absolute Gasteiger partial charge is 0.328 e.